The summed E-state index contributed by atoms with van der Waals surface area (Å²) in [5.41, 5.74) is 9.03. The van der Waals surface area contributed by atoms with Gasteiger partial charge < -0.3 is 24.7 Å². The largest absolute Gasteiger partial charge is 0.480 e. The van der Waals surface area contributed by atoms with E-state index in [-0.39, 0.29) is 17.1 Å². The van der Waals surface area contributed by atoms with Gasteiger partial charge in [-0.25, -0.2) is 27.2 Å². The first-order valence-electron chi connectivity index (χ1n) is 12.6. The van der Waals surface area contributed by atoms with Gasteiger partial charge in [0.15, 0.2) is 0 Å². The van der Waals surface area contributed by atoms with Crippen LogP contribution in [0.1, 0.15) is 12.8 Å². The number of nitrogens with one attached hydrogen (secondary N) is 1. The van der Waals surface area contributed by atoms with E-state index in [4.69, 9.17) is 15.2 Å². The number of hydrogen-bond donors (Lipinski definition) is 2. The third-order valence-electron chi connectivity index (χ3n) is 7.41. The van der Waals surface area contributed by atoms with Crippen LogP contribution in [0.2, 0.25) is 0 Å². The summed E-state index contributed by atoms with van der Waals surface area (Å²) in [5, 5.41) is 0. The Kier molecular flexibility index (Phi) is 7.38. The number of sulfonamides is 1. The van der Waals surface area contributed by atoms with Crippen molar-refractivity contribution < 1.29 is 26.7 Å². The van der Waals surface area contributed by atoms with Gasteiger partial charge in [-0.3, -0.25) is 4.72 Å². The van der Waals surface area contributed by atoms with E-state index in [9.17, 15) is 17.2 Å². The number of nitrogens with two attached hydrogens (primary N) is 1. The number of imidazole rings is 1. The topological polar surface area (TPSA) is 125 Å². The zero-order chi connectivity index (χ0) is 28.7. The Labute approximate surface area is 230 Å². The first-order valence-corrected chi connectivity index (χ1v) is 14.0. The number of benzene rings is 2. The van der Waals surface area contributed by atoms with E-state index in [0.717, 1.165) is 41.6 Å². The van der Waals surface area contributed by atoms with Gasteiger partial charge in [0, 0.05) is 43.1 Å². The molecule has 5 rings (SSSR count). The van der Waals surface area contributed by atoms with Crippen LogP contribution in [0.5, 0.6) is 5.88 Å². The van der Waals surface area contributed by atoms with E-state index in [1.54, 1.807) is 6.20 Å². The molecule has 3 N–H and O–H groups in total. The molecule has 0 saturated carbocycles. The van der Waals surface area contributed by atoms with E-state index < -0.39 is 26.6 Å². The number of anilines is 2. The molecule has 2 aromatic carbocycles. The van der Waals surface area contributed by atoms with E-state index in [0.29, 0.717) is 37.3 Å². The van der Waals surface area contributed by atoms with Gasteiger partial charge in [0.25, 0.3) is 10.0 Å². The zero-order valence-corrected chi connectivity index (χ0v) is 23.1. The molecule has 13 heteroatoms. The van der Waals surface area contributed by atoms with Crippen molar-refractivity contribution in [2.24, 2.45) is 0 Å². The summed E-state index contributed by atoms with van der Waals surface area (Å²) in [6.45, 7) is 1.94. The smallest absolute Gasteiger partial charge is 0.264 e. The predicted molar refractivity (Wildman–Crippen MR) is 148 cm³/mol. The molecule has 3 heterocycles. The molecule has 0 amide bonds. The second kappa shape index (κ2) is 10.6. The summed E-state index contributed by atoms with van der Waals surface area (Å²) >= 11 is 0. The molecular formula is C27H30F2N6O4S. The fraction of sp³-hybridized carbons (Fsp3) is 0.333. The Bertz CT molecular complexity index is 1670. The number of nitrogen functional groups attached to an aromatic ring is 1. The van der Waals surface area contributed by atoms with Crippen molar-refractivity contribution in [1.82, 2.24) is 19.4 Å². The quantitative estimate of drug-likeness (QED) is 0.326. The van der Waals surface area contributed by atoms with Crippen LogP contribution in [-0.4, -0.2) is 67.8 Å². The number of rotatable bonds is 8. The van der Waals surface area contributed by atoms with Crippen molar-refractivity contribution in [2.75, 3.05) is 44.9 Å². The highest BCUT2D eigenvalue weighted by Gasteiger charge is 2.36. The summed E-state index contributed by atoms with van der Waals surface area (Å²) in [4.78, 5) is 10.3. The molecule has 0 unspecified atom stereocenters. The van der Waals surface area contributed by atoms with Crippen LogP contribution in [0.15, 0.2) is 53.6 Å². The van der Waals surface area contributed by atoms with Gasteiger partial charge in [-0.15, -0.1) is 0 Å². The first-order chi connectivity index (χ1) is 19.0. The molecule has 2 aromatic heterocycles. The summed E-state index contributed by atoms with van der Waals surface area (Å²) < 4.78 is 68.7. The van der Waals surface area contributed by atoms with E-state index in [1.807, 2.05) is 22.8 Å². The van der Waals surface area contributed by atoms with Gasteiger partial charge in [-0.05, 0) is 62.8 Å². The SMILES string of the molecule is COc1ncc(-c2ccc3nc(N)n(CC4(N(C)C)CCOCC4)c3c2)cc1NS(=O)(=O)c1ccc(F)cc1F. The van der Waals surface area contributed by atoms with E-state index in [2.05, 4.69) is 33.7 Å². The lowest BCUT2D eigenvalue weighted by molar-refractivity contribution is -0.0157. The van der Waals surface area contributed by atoms with Crippen LogP contribution in [0, 0.1) is 11.6 Å². The molecule has 0 spiro atoms. The summed E-state index contributed by atoms with van der Waals surface area (Å²) in [6.07, 6.45) is 3.23. The highest BCUT2D eigenvalue weighted by Crippen LogP contribution is 2.34. The Hall–Kier alpha value is -3.81. The van der Waals surface area contributed by atoms with Crippen molar-refractivity contribution in [1.29, 1.82) is 0 Å². The van der Waals surface area contributed by atoms with Crippen LogP contribution >= 0.6 is 0 Å². The maximum atomic E-state index is 14.3. The molecule has 4 aromatic rings. The minimum atomic E-state index is -4.42. The zero-order valence-electron chi connectivity index (χ0n) is 22.3. The maximum absolute atomic E-state index is 14.3. The molecular weight excluding hydrogens is 542 g/mol. The van der Waals surface area contributed by atoms with Gasteiger partial charge in [0.2, 0.25) is 11.8 Å². The normalized spacial score (nSPS) is 15.4. The second-order valence-electron chi connectivity index (χ2n) is 9.95. The van der Waals surface area contributed by atoms with Gasteiger partial charge in [0.1, 0.15) is 22.2 Å². The molecule has 0 atom stereocenters. The Morgan fingerprint density at radius 3 is 2.55 bits per heavy atom. The number of likely N-dealkylation sites (N-methyl/N-ethyl adjacent to an activating group) is 1. The van der Waals surface area contributed by atoms with Gasteiger partial charge in [-0.1, -0.05) is 6.07 Å². The summed E-state index contributed by atoms with van der Waals surface area (Å²) in [5.74, 6) is -1.73. The lowest BCUT2D eigenvalue weighted by Crippen LogP contribution is -2.51. The van der Waals surface area contributed by atoms with E-state index >= 15 is 0 Å². The monoisotopic (exact) mass is 572 g/mol. The number of hydrogen-bond acceptors (Lipinski definition) is 8. The number of halogens is 2. The molecule has 1 saturated heterocycles. The minimum Gasteiger partial charge on any atom is -0.480 e. The van der Waals surface area contributed by atoms with Crippen molar-refractivity contribution in [3.63, 3.8) is 0 Å². The predicted octanol–water partition coefficient (Wildman–Crippen LogP) is 3.88. The molecule has 1 fully saturated rings. The fourth-order valence-electron chi connectivity index (χ4n) is 5.02. The summed E-state index contributed by atoms with van der Waals surface area (Å²) in [6, 6.07) is 9.36. The molecule has 1 aliphatic heterocycles. The van der Waals surface area contributed by atoms with Crippen LogP contribution < -0.4 is 15.2 Å². The lowest BCUT2D eigenvalue weighted by atomic mass is 9.88. The second-order valence-corrected chi connectivity index (χ2v) is 11.6. The fourth-order valence-corrected chi connectivity index (χ4v) is 6.13. The number of nitrogens with zero attached hydrogens (tertiary/aromatic N) is 4. The standard InChI is InChI=1S/C27H30F2N6O4S/c1-34(2)27(8-10-39-11-9-27)16-35-23-13-17(4-6-21(23)32-26(35)30)18-12-22(25(38-3)31-15-18)33-40(36,37)24-7-5-19(28)14-20(24)29/h4-7,12-15,33H,8-11,16H2,1-3H3,(H2,30,32). The first kappa shape index (κ1) is 27.7. The Morgan fingerprint density at radius 1 is 1.12 bits per heavy atom. The number of fused-ring (bicyclic) bond motifs is 1. The Balaban J connectivity index is 1.53. The van der Waals surface area contributed by atoms with Gasteiger partial charge in [-0.2, -0.15) is 0 Å². The number of ether oxygens (including phenoxy) is 2. The lowest BCUT2D eigenvalue weighted by Gasteiger charge is -2.43. The number of aromatic nitrogens is 3. The van der Waals surface area contributed by atoms with Crippen molar-refractivity contribution >= 4 is 32.7 Å². The van der Waals surface area contributed by atoms with Crippen LogP contribution in [0.4, 0.5) is 20.4 Å². The maximum Gasteiger partial charge on any atom is 0.264 e. The van der Waals surface area contributed by atoms with E-state index in [1.165, 1.54) is 13.2 Å². The molecule has 0 aliphatic carbocycles. The average molecular weight is 573 g/mol. The van der Waals surface area contributed by atoms with Crippen LogP contribution in [-0.2, 0) is 21.3 Å². The molecule has 1 aliphatic rings. The van der Waals surface area contributed by atoms with Crippen molar-refractivity contribution in [3.05, 3.63) is 60.3 Å². The highest BCUT2D eigenvalue weighted by molar-refractivity contribution is 7.92. The molecule has 0 radical (unpaired) electrons. The highest BCUT2D eigenvalue weighted by atomic mass is 32.2. The third-order valence-corrected chi connectivity index (χ3v) is 8.81. The Morgan fingerprint density at radius 2 is 1.88 bits per heavy atom. The van der Waals surface area contributed by atoms with Gasteiger partial charge in [0.05, 0.1) is 18.1 Å². The minimum absolute atomic E-state index is 0.00869. The molecule has 212 valence electrons. The molecule has 0 bridgehead atoms. The third kappa shape index (κ3) is 5.19. The molecule has 40 heavy (non-hydrogen) atoms. The van der Waals surface area contributed by atoms with Crippen molar-refractivity contribution in [2.45, 2.75) is 29.8 Å². The summed E-state index contributed by atoms with van der Waals surface area (Å²) in [7, 11) is 1.02. The average Bonchev–Trinajstić information content (AvgIpc) is 3.22. The van der Waals surface area contributed by atoms with Gasteiger partial charge >= 0.3 is 0 Å². The van der Waals surface area contributed by atoms with Crippen LogP contribution in [0.3, 0.4) is 0 Å². The van der Waals surface area contributed by atoms with Crippen LogP contribution in [0.25, 0.3) is 22.2 Å². The molecule has 10 nitrogen and oxygen atoms in total. The van der Waals surface area contributed by atoms with Crippen molar-refractivity contribution in [3.8, 4) is 17.0 Å². The number of methoxy groups -OCH3 is 1. The number of pyridine rings is 1.